The molecule has 0 bridgehead atoms. The summed E-state index contributed by atoms with van der Waals surface area (Å²) in [6.45, 7) is 1.35. The van der Waals surface area contributed by atoms with Gasteiger partial charge < -0.3 is 5.11 Å². The third-order valence-corrected chi connectivity index (χ3v) is 6.88. The number of aromatic carboxylic acids is 1. The molecular weight excluding hydrogens is 501 g/mol. The monoisotopic (exact) mass is 515 g/mol. The summed E-state index contributed by atoms with van der Waals surface area (Å²) in [5.41, 5.74) is 0.871. The van der Waals surface area contributed by atoms with Gasteiger partial charge in [0.15, 0.2) is 5.69 Å². The summed E-state index contributed by atoms with van der Waals surface area (Å²) in [4.78, 5) is 29.4. The van der Waals surface area contributed by atoms with Gasteiger partial charge in [0.1, 0.15) is 5.01 Å². The molecule has 0 spiro atoms. The molecule has 1 unspecified atom stereocenters. The van der Waals surface area contributed by atoms with Crippen molar-refractivity contribution >= 4 is 59.0 Å². The maximum absolute atomic E-state index is 11.2. The predicted molar refractivity (Wildman–Crippen MR) is 110 cm³/mol. The fourth-order valence-corrected chi connectivity index (χ4v) is 4.14. The number of anilines is 1. The molecule has 4 N–H and O–H groups in total. The second-order valence-corrected chi connectivity index (χ2v) is 10.4. The van der Waals surface area contributed by atoms with Crippen molar-refractivity contribution in [1.82, 2.24) is 9.97 Å². The van der Waals surface area contributed by atoms with Crippen LogP contribution in [-0.4, -0.2) is 50.5 Å². The number of hydrogen-bond acceptors (Lipinski definition) is 8. The summed E-state index contributed by atoms with van der Waals surface area (Å²) < 4.78 is 23.8. The molecule has 0 aliphatic rings. The van der Waals surface area contributed by atoms with Gasteiger partial charge in [0.25, 0.3) is 0 Å². The van der Waals surface area contributed by atoms with E-state index in [-0.39, 0.29) is 21.0 Å². The molecule has 3 rings (SSSR count). The van der Waals surface area contributed by atoms with Crippen molar-refractivity contribution in [3.63, 3.8) is 0 Å². The van der Waals surface area contributed by atoms with Crippen molar-refractivity contribution in [3.05, 3.63) is 58.7 Å². The van der Waals surface area contributed by atoms with Crippen LogP contribution in [0.1, 0.15) is 17.4 Å². The number of hydrogen-bond donors (Lipinski definition) is 4. The van der Waals surface area contributed by atoms with Gasteiger partial charge in [-0.3, -0.25) is 0 Å². The molecule has 1 amide bonds. The number of amides is 1. The summed E-state index contributed by atoms with van der Waals surface area (Å²) >= 11 is 2.32. The van der Waals surface area contributed by atoms with Crippen LogP contribution < -0.4 is 9.67 Å². The van der Waals surface area contributed by atoms with Crippen LogP contribution in [0, 0.1) is 0 Å². The minimum Gasteiger partial charge on any atom is -0.476 e. The third-order valence-electron chi connectivity index (χ3n) is 3.32. The van der Waals surface area contributed by atoms with Gasteiger partial charge in [0.05, 0.1) is 10.7 Å². The molecule has 0 aliphatic carbocycles. The number of pyridine rings is 1. The topological polar surface area (TPSA) is 159 Å². The summed E-state index contributed by atoms with van der Waals surface area (Å²) in [7, 11) is 0. The van der Waals surface area contributed by atoms with E-state index in [4.69, 9.17) is 26.1 Å². The van der Waals surface area contributed by atoms with Crippen molar-refractivity contribution in [3.8, 4) is 10.7 Å². The number of nitrogens with one attached hydrogen (secondary N) is 1. The fraction of sp³-hybridized carbons (Fsp3) is 0.0588. The van der Waals surface area contributed by atoms with Crippen molar-refractivity contribution in [2.24, 2.45) is 0 Å². The molecule has 1 aromatic carbocycles. The second-order valence-electron chi connectivity index (χ2n) is 5.50. The molecule has 0 aliphatic heterocycles. The normalized spacial score (nSPS) is 12.3. The zero-order valence-corrected chi connectivity index (χ0v) is 18.7. The minimum atomic E-state index is -4.76. The van der Waals surface area contributed by atoms with Crippen molar-refractivity contribution in [2.45, 2.75) is 6.92 Å². The Kier molecular flexibility index (Phi) is 8.30. The van der Waals surface area contributed by atoms with E-state index in [2.05, 4.69) is 19.2 Å². The van der Waals surface area contributed by atoms with Crippen LogP contribution in [0.3, 0.4) is 0 Å². The summed E-state index contributed by atoms with van der Waals surface area (Å²) in [5, 5.41) is 22.1. The average Bonchev–Trinajstić information content (AvgIpc) is 3.23. The Labute approximate surface area is 182 Å². The van der Waals surface area contributed by atoms with Crippen LogP contribution in [0.5, 0.6) is 0 Å². The number of carboxylic acid groups (broad SMARTS) is 1. The molecule has 10 nitrogen and oxygen atoms in total. The first kappa shape index (κ1) is 23.7. The van der Waals surface area contributed by atoms with Crippen LogP contribution in [-0.2, 0) is 12.4 Å². The number of nitrogens with zero attached hydrogens (tertiary/aromatic N) is 2. The Morgan fingerprint density at radius 3 is 2.37 bits per heavy atom. The molecule has 13 heteroatoms. The predicted octanol–water partition coefficient (Wildman–Crippen LogP) is 2.26. The molecule has 3 aromatic rings. The van der Waals surface area contributed by atoms with Crippen molar-refractivity contribution < 1.29 is 31.7 Å². The van der Waals surface area contributed by atoms with Gasteiger partial charge in [-0.1, -0.05) is 11.6 Å². The Balaban J connectivity index is 0.000000214. The number of carbonyl (C=O) groups is 2. The van der Waals surface area contributed by atoms with E-state index in [1.54, 1.807) is 17.6 Å². The molecule has 2 aromatic heterocycles. The standard InChI is InChI=1S/C9H5ClN2O2S.C8H10AsNO5/c10-5-1-2-6(8-11-3-4-15-8)12-7(5)9(13)14;1-6(11)10-8-4-2-7(3-5-8)9(12,13)15-14/h1-4H,(H,13,14);2-5,14H,1H3,(H,10,11)(H,12,13). The first-order valence-corrected chi connectivity index (χ1v) is 12.5. The molecule has 0 saturated heterocycles. The SMILES string of the molecule is CC(=O)Nc1ccc([As](=O)(O)OO)cc1.O=C(O)c1nc(-c2nccs2)ccc1Cl. The smallest absolute Gasteiger partial charge is 0.356 e. The summed E-state index contributed by atoms with van der Waals surface area (Å²) in [6.07, 6.45) is 1.64. The van der Waals surface area contributed by atoms with E-state index < -0.39 is 20.1 Å². The first-order chi connectivity index (χ1) is 14.1. The zero-order chi connectivity index (χ0) is 22.3. The molecule has 2 heterocycles. The third kappa shape index (κ3) is 6.49. The van der Waals surface area contributed by atoms with Crippen LogP contribution in [0.25, 0.3) is 10.7 Å². The number of aromatic nitrogens is 2. The van der Waals surface area contributed by atoms with Crippen molar-refractivity contribution in [1.29, 1.82) is 0 Å². The largest absolute Gasteiger partial charge is 0.476 e. The molecule has 0 radical (unpaired) electrons. The van der Waals surface area contributed by atoms with E-state index in [0.717, 1.165) is 0 Å². The summed E-state index contributed by atoms with van der Waals surface area (Å²) in [5.74, 6) is -1.38. The van der Waals surface area contributed by atoms with Gasteiger partial charge in [-0.15, -0.1) is 11.3 Å². The van der Waals surface area contributed by atoms with Gasteiger partial charge in [0, 0.05) is 11.6 Å². The van der Waals surface area contributed by atoms with Crippen LogP contribution in [0.4, 0.5) is 5.69 Å². The maximum atomic E-state index is 11.2. The zero-order valence-electron chi connectivity index (χ0n) is 15.2. The Morgan fingerprint density at radius 1 is 1.20 bits per heavy atom. The number of carboxylic acids is 1. The van der Waals surface area contributed by atoms with Crippen LogP contribution >= 0.6 is 22.9 Å². The number of benzene rings is 1. The quantitative estimate of drug-likeness (QED) is 0.227. The molecule has 158 valence electrons. The van der Waals surface area contributed by atoms with Crippen LogP contribution in [0.15, 0.2) is 48.0 Å². The van der Waals surface area contributed by atoms with E-state index in [1.807, 2.05) is 0 Å². The maximum Gasteiger partial charge on any atom is 0.356 e. The molecule has 0 fully saturated rings. The van der Waals surface area contributed by atoms with Crippen LogP contribution in [0.2, 0.25) is 5.02 Å². The van der Waals surface area contributed by atoms with E-state index in [0.29, 0.717) is 16.4 Å². The summed E-state index contributed by atoms with van der Waals surface area (Å²) in [6, 6.07) is 8.66. The van der Waals surface area contributed by atoms with Gasteiger partial charge in [0.2, 0.25) is 0 Å². The first-order valence-electron chi connectivity index (χ1n) is 7.98. The second kappa shape index (κ2) is 10.5. The van der Waals surface area contributed by atoms with Crippen molar-refractivity contribution in [2.75, 3.05) is 5.32 Å². The number of carbonyl (C=O) groups excluding carboxylic acids is 1. The Hall–Kier alpha value is -2.53. The number of halogens is 1. The van der Waals surface area contributed by atoms with E-state index in [9.17, 15) is 13.3 Å². The van der Waals surface area contributed by atoms with E-state index in [1.165, 1.54) is 48.6 Å². The molecule has 0 saturated carbocycles. The Morgan fingerprint density at radius 2 is 1.87 bits per heavy atom. The number of rotatable bonds is 5. The molecule has 1 atom stereocenters. The molecular formula is C17H15AsClN3O7S. The average molecular weight is 516 g/mol. The molecule has 30 heavy (non-hydrogen) atoms. The van der Waals surface area contributed by atoms with Gasteiger partial charge in [-0.05, 0) is 12.1 Å². The van der Waals surface area contributed by atoms with Gasteiger partial charge in [-0.25, -0.2) is 14.8 Å². The minimum absolute atomic E-state index is 0.00438. The fourth-order valence-electron chi connectivity index (χ4n) is 2.04. The Bertz CT molecular complexity index is 1080. The van der Waals surface area contributed by atoms with Gasteiger partial charge >= 0.3 is 94.4 Å². The van der Waals surface area contributed by atoms with E-state index >= 15 is 0 Å². The van der Waals surface area contributed by atoms with Gasteiger partial charge in [-0.2, -0.15) is 0 Å². The number of thiazole rings is 1.